The highest BCUT2D eigenvalue weighted by Gasteiger charge is 2.19. The molecule has 1 fully saturated rings. The fourth-order valence-electron chi connectivity index (χ4n) is 2.86. The van der Waals surface area contributed by atoms with E-state index in [1.54, 1.807) is 4.90 Å². The Morgan fingerprint density at radius 2 is 2.04 bits per heavy atom. The summed E-state index contributed by atoms with van der Waals surface area (Å²) in [6, 6.07) is 11.7. The lowest BCUT2D eigenvalue weighted by Crippen LogP contribution is -2.35. The van der Waals surface area contributed by atoms with Gasteiger partial charge in [0, 0.05) is 28.8 Å². The van der Waals surface area contributed by atoms with Crippen LogP contribution in [0.2, 0.25) is 0 Å². The van der Waals surface area contributed by atoms with Gasteiger partial charge in [0.25, 0.3) is 5.91 Å². The average Bonchev–Trinajstić information content (AvgIpc) is 2.60. The van der Waals surface area contributed by atoms with Gasteiger partial charge < -0.3 is 10.2 Å². The van der Waals surface area contributed by atoms with E-state index >= 15 is 0 Å². The van der Waals surface area contributed by atoms with E-state index in [9.17, 15) is 14.0 Å². The number of halogens is 2. The first-order valence-corrected chi connectivity index (χ1v) is 9.25. The molecule has 0 bridgehead atoms. The van der Waals surface area contributed by atoms with E-state index in [-0.39, 0.29) is 17.6 Å². The lowest BCUT2D eigenvalue weighted by atomic mass is 10.1. The molecule has 0 saturated carbocycles. The van der Waals surface area contributed by atoms with Gasteiger partial charge in [-0.25, -0.2) is 4.39 Å². The molecule has 0 aromatic heterocycles. The summed E-state index contributed by atoms with van der Waals surface area (Å²) < 4.78 is 13.7. The molecule has 6 heteroatoms. The van der Waals surface area contributed by atoms with Gasteiger partial charge in [0.1, 0.15) is 5.82 Å². The number of hydrogen-bond acceptors (Lipinski definition) is 2. The van der Waals surface area contributed by atoms with Gasteiger partial charge in [-0.2, -0.15) is 0 Å². The lowest BCUT2D eigenvalue weighted by Gasteiger charge is -2.27. The van der Waals surface area contributed by atoms with Crippen LogP contribution >= 0.6 is 22.6 Å². The van der Waals surface area contributed by atoms with E-state index in [4.69, 9.17) is 0 Å². The third kappa shape index (κ3) is 4.36. The van der Waals surface area contributed by atoms with E-state index in [1.807, 2.05) is 46.9 Å². The predicted molar refractivity (Wildman–Crippen MR) is 103 cm³/mol. The van der Waals surface area contributed by atoms with Gasteiger partial charge in [-0.1, -0.05) is 12.1 Å². The number of benzene rings is 2. The van der Waals surface area contributed by atoms with Crippen molar-refractivity contribution in [2.75, 3.05) is 11.4 Å². The summed E-state index contributed by atoms with van der Waals surface area (Å²) in [6.45, 7) is 1.09. The average molecular weight is 452 g/mol. The Balaban J connectivity index is 1.68. The largest absolute Gasteiger partial charge is 0.348 e. The van der Waals surface area contributed by atoms with Gasteiger partial charge in [0.15, 0.2) is 0 Å². The molecule has 1 aliphatic heterocycles. The minimum Gasteiger partial charge on any atom is -0.348 e. The monoisotopic (exact) mass is 452 g/mol. The summed E-state index contributed by atoms with van der Waals surface area (Å²) in [6.07, 6.45) is 2.54. The first-order valence-electron chi connectivity index (χ1n) is 8.17. The molecule has 0 radical (unpaired) electrons. The summed E-state index contributed by atoms with van der Waals surface area (Å²) in [5, 5.41) is 2.85. The third-order valence-electron chi connectivity index (χ3n) is 4.17. The molecule has 4 nitrogen and oxygen atoms in total. The molecular formula is C19H18FIN2O2. The van der Waals surface area contributed by atoms with Gasteiger partial charge in [-0.15, -0.1) is 0 Å². The highest BCUT2D eigenvalue weighted by molar-refractivity contribution is 14.1. The number of carbonyl (C=O) groups is 2. The lowest BCUT2D eigenvalue weighted by molar-refractivity contribution is -0.119. The maximum atomic E-state index is 13.1. The van der Waals surface area contributed by atoms with Crippen LogP contribution in [0.5, 0.6) is 0 Å². The number of carbonyl (C=O) groups excluding carboxylic acids is 2. The Hall–Kier alpha value is -1.96. The summed E-state index contributed by atoms with van der Waals surface area (Å²) in [7, 11) is 0. The molecule has 1 N–H and O–H groups in total. The molecule has 1 aliphatic rings. The summed E-state index contributed by atoms with van der Waals surface area (Å²) in [4.78, 5) is 26.1. The van der Waals surface area contributed by atoms with Crippen LogP contribution in [0, 0.1) is 9.39 Å². The second-order valence-electron chi connectivity index (χ2n) is 5.98. The van der Waals surface area contributed by atoms with Gasteiger partial charge in [-0.3, -0.25) is 9.59 Å². The van der Waals surface area contributed by atoms with Crippen molar-refractivity contribution in [1.29, 1.82) is 0 Å². The van der Waals surface area contributed by atoms with Crippen molar-refractivity contribution in [3.63, 3.8) is 0 Å². The second kappa shape index (κ2) is 7.95. The maximum Gasteiger partial charge on any atom is 0.252 e. The normalized spacial score (nSPS) is 14.5. The summed E-state index contributed by atoms with van der Waals surface area (Å²) >= 11 is 1.95. The zero-order valence-electron chi connectivity index (χ0n) is 13.6. The van der Waals surface area contributed by atoms with Crippen LogP contribution in [0.1, 0.15) is 35.2 Å². The molecule has 1 heterocycles. The van der Waals surface area contributed by atoms with E-state index in [1.165, 1.54) is 18.2 Å². The van der Waals surface area contributed by atoms with Crippen molar-refractivity contribution in [2.24, 2.45) is 0 Å². The topological polar surface area (TPSA) is 49.4 Å². The molecule has 1 saturated heterocycles. The molecule has 25 heavy (non-hydrogen) atoms. The van der Waals surface area contributed by atoms with Gasteiger partial charge in [0.2, 0.25) is 5.91 Å². The number of amides is 2. The molecule has 2 aromatic rings. The summed E-state index contributed by atoms with van der Waals surface area (Å²) in [5.41, 5.74) is 2.23. The molecular weight excluding hydrogens is 434 g/mol. The molecule has 3 rings (SSSR count). The smallest absolute Gasteiger partial charge is 0.252 e. The van der Waals surface area contributed by atoms with Crippen molar-refractivity contribution < 1.29 is 14.0 Å². The van der Waals surface area contributed by atoms with Gasteiger partial charge in [-0.05, 0) is 71.3 Å². The molecule has 130 valence electrons. The number of rotatable bonds is 4. The molecule has 0 spiro atoms. The molecule has 0 unspecified atom stereocenters. The first kappa shape index (κ1) is 17.8. The van der Waals surface area contributed by atoms with E-state index in [0.29, 0.717) is 22.1 Å². The summed E-state index contributed by atoms with van der Waals surface area (Å²) in [5.74, 6) is -0.461. The second-order valence-corrected chi connectivity index (χ2v) is 7.14. The van der Waals surface area contributed by atoms with E-state index in [2.05, 4.69) is 5.32 Å². The van der Waals surface area contributed by atoms with Crippen LogP contribution in [0.15, 0.2) is 42.5 Å². The Bertz CT molecular complexity index is 810. The molecule has 0 aliphatic carbocycles. The van der Waals surface area contributed by atoms with E-state index < -0.39 is 0 Å². The number of nitrogens with zero attached hydrogens (tertiary/aromatic N) is 1. The fraction of sp³-hybridized carbons (Fsp3) is 0.263. The Morgan fingerprint density at radius 3 is 2.80 bits per heavy atom. The highest BCUT2D eigenvalue weighted by Crippen LogP contribution is 2.22. The SMILES string of the molecule is O=C(NCc1cccc(N2CCCCC2=O)c1)c1ccc(F)cc1I. The first-order chi connectivity index (χ1) is 12.0. The molecule has 2 amide bonds. The van der Waals surface area contributed by atoms with Crippen LogP contribution in [-0.2, 0) is 11.3 Å². The van der Waals surface area contributed by atoms with Crippen molar-refractivity contribution in [1.82, 2.24) is 5.32 Å². The number of piperidine rings is 1. The predicted octanol–water partition coefficient (Wildman–Crippen LogP) is 3.88. The Morgan fingerprint density at radius 1 is 1.20 bits per heavy atom. The molecule has 0 atom stereocenters. The highest BCUT2D eigenvalue weighted by atomic mass is 127. The zero-order valence-corrected chi connectivity index (χ0v) is 15.8. The number of anilines is 1. The Kier molecular flexibility index (Phi) is 5.67. The number of nitrogens with one attached hydrogen (secondary N) is 1. The quantitative estimate of drug-likeness (QED) is 0.717. The molecule has 2 aromatic carbocycles. The van der Waals surface area contributed by atoms with E-state index in [0.717, 1.165) is 30.6 Å². The Labute approximate surface area is 159 Å². The third-order valence-corrected chi connectivity index (χ3v) is 5.07. The van der Waals surface area contributed by atoms with Crippen LogP contribution in [-0.4, -0.2) is 18.4 Å². The zero-order chi connectivity index (χ0) is 17.8. The van der Waals surface area contributed by atoms with Crippen LogP contribution in [0.25, 0.3) is 0 Å². The minimum atomic E-state index is -0.361. The number of hydrogen-bond donors (Lipinski definition) is 1. The minimum absolute atomic E-state index is 0.147. The van der Waals surface area contributed by atoms with Crippen molar-refractivity contribution in [2.45, 2.75) is 25.8 Å². The van der Waals surface area contributed by atoms with Gasteiger partial charge >= 0.3 is 0 Å². The van der Waals surface area contributed by atoms with Crippen LogP contribution in [0.3, 0.4) is 0 Å². The van der Waals surface area contributed by atoms with Gasteiger partial charge in [0.05, 0.1) is 5.56 Å². The van der Waals surface area contributed by atoms with Crippen molar-refractivity contribution in [3.05, 3.63) is 63.0 Å². The van der Waals surface area contributed by atoms with Crippen LogP contribution in [0.4, 0.5) is 10.1 Å². The van der Waals surface area contributed by atoms with Crippen molar-refractivity contribution in [3.8, 4) is 0 Å². The van der Waals surface area contributed by atoms with Crippen LogP contribution < -0.4 is 10.2 Å². The standard InChI is InChI=1S/C19H18FIN2O2/c20-14-7-8-16(17(21)11-14)19(25)22-12-13-4-3-5-15(10-13)23-9-2-1-6-18(23)24/h3-5,7-8,10-11H,1-2,6,9,12H2,(H,22,25). The fourth-order valence-corrected chi connectivity index (χ4v) is 3.59. The van der Waals surface area contributed by atoms with Crippen molar-refractivity contribution >= 4 is 40.1 Å². The maximum absolute atomic E-state index is 13.1.